The van der Waals surface area contributed by atoms with Crippen LogP contribution >= 0.6 is 27.7 Å². The molecular weight excluding hydrogens is 346 g/mol. The lowest BCUT2D eigenvalue weighted by molar-refractivity contribution is 0.293. The summed E-state index contributed by atoms with van der Waals surface area (Å²) in [5.74, 6) is 2.42. The molecule has 0 spiro atoms. The minimum atomic E-state index is -0.0293. The van der Waals surface area contributed by atoms with Crippen molar-refractivity contribution in [1.82, 2.24) is 0 Å². The molecule has 0 aromatic heterocycles. The van der Waals surface area contributed by atoms with Gasteiger partial charge in [-0.2, -0.15) is 0 Å². The fourth-order valence-corrected chi connectivity index (χ4v) is 4.14. The lowest BCUT2D eigenvalue weighted by Gasteiger charge is -2.17. The Hall–Kier alpha value is -0.970. The van der Waals surface area contributed by atoms with Gasteiger partial charge in [0.15, 0.2) is 0 Å². The topological polar surface area (TPSA) is 35.2 Å². The van der Waals surface area contributed by atoms with Gasteiger partial charge < -0.3 is 10.5 Å². The summed E-state index contributed by atoms with van der Waals surface area (Å²) in [7, 11) is 0. The summed E-state index contributed by atoms with van der Waals surface area (Å²) < 4.78 is 7.11. The Balaban J connectivity index is 1.76. The summed E-state index contributed by atoms with van der Waals surface area (Å²) in [6.45, 7) is 2.68. The van der Waals surface area contributed by atoms with Crippen LogP contribution in [0.25, 0.3) is 0 Å². The van der Waals surface area contributed by atoms with E-state index in [0.29, 0.717) is 12.5 Å². The van der Waals surface area contributed by atoms with Crippen LogP contribution in [0.5, 0.6) is 5.75 Å². The van der Waals surface area contributed by atoms with Crippen LogP contribution in [0.1, 0.15) is 30.0 Å². The van der Waals surface area contributed by atoms with Crippen molar-refractivity contribution >= 4 is 27.7 Å². The highest BCUT2D eigenvalue weighted by atomic mass is 79.9. The molecule has 4 heteroatoms. The van der Waals surface area contributed by atoms with Crippen LogP contribution in [0.3, 0.4) is 0 Å². The van der Waals surface area contributed by atoms with Crippen LogP contribution in [0, 0.1) is 0 Å². The summed E-state index contributed by atoms with van der Waals surface area (Å²) in [5.41, 5.74) is 8.48. The van der Waals surface area contributed by atoms with E-state index in [2.05, 4.69) is 40.2 Å². The fraction of sp³-hybridized carbons (Fsp3) is 0.294. The molecule has 2 nitrogen and oxygen atoms in total. The van der Waals surface area contributed by atoms with Crippen molar-refractivity contribution < 1.29 is 4.74 Å². The van der Waals surface area contributed by atoms with Gasteiger partial charge in [0, 0.05) is 32.6 Å². The number of thioether (sulfide) groups is 1. The first-order chi connectivity index (χ1) is 10.1. The van der Waals surface area contributed by atoms with Gasteiger partial charge in [-0.05, 0) is 30.7 Å². The quantitative estimate of drug-likeness (QED) is 0.851. The van der Waals surface area contributed by atoms with Crippen LogP contribution in [-0.4, -0.2) is 12.4 Å². The van der Waals surface area contributed by atoms with E-state index in [1.165, 1.54) is 10.5 Å². The number of fused-ring (bicyclic) bond motifs is 1. The molecule has 0 aliphatic carbocycles. The Kier molecular flexibility index (Phi) is 4.57. The van der Waals surface area contributed by atoms with Crippen molar-refractivity contribution in [2.24, 2.45) is 5.73 Å². The van der Waals surface area contributed by atoms with Gasteiger partial charge in [0.05, 0.1) is 6.61 Å². The molecule has 3 rings (SSSR count). The van der Waals surface area contributed by atoms with Crippen molar-refractivity contribution in [1.29, 1.82) is 0 Å². The van der Waals surface area contributed by atoms with Crippen LogP contribution in [0.4, 0.5) is 0 Å². The van der Waals surface area contributed by atoms with E-state index in [-0.39, 0.29) is 6.04 Å². The molecule has 1 aliphatic heterocycles. The monoisotopic (exact) mass is 363 g/mol. The van der Waals surface area contributed by atoms with E-state index in [4.69, 9.17) is 10.5 Å². The van der Waals surface area contributed by atoms with Crippen molar-refractivity contribution in [3.05, 3.63) is 58.1 Å². The zero-order valence-electron chi connectivity index (χ0n) is 11.9. The first-order valence-electron chi connectivity index (χ1n) is 7.04. The fourth-order valence-electron chi connectivity index (χ4n) is 2.57. The Morgan fingerprint density at radius 3 is 2.95 bits per heavy atom. The Morgan fingerprint density at radius 2 is 2.14 bits per heavy atom. The first-order valence-corrected chi connectivity index (χ1v) is 8.82. The molecule has 1 heterocycles. The van der Waals surface area contributed by atoms with Crippen LogP contribution in [-0.2, 0) is 0 Å². The van der Waals surface area contributed by atoms with Gasteiger partial charge in [-0.3, -0.25) is 0 Å². The van der Waals surface area contributed by atoms with Crippen LogP contribution in [0.2, 0.25) is 0 Å². The maximum Gasteiger partial charge on any atom is 0.125 e. The number of nitrogens with two attached hydrogens (primary N) is 1. The van der Waals surface area contributed by atoms with Crippen LogP contribution in [0.15, 0.2) is 51.8 Å². The van der Waals surface area contributed by atoms with Gasteiger partial charge in [0.1, 0.15) is 5.75 Å². The largest absolute Gasteiger partial charge is 0.493 e. The highest BCUT2D eigenvalue weighted by Crippen LogP contribution is 2.40. The zero-order chi connectivity index (χ0) is 14.8. The third-order valence-electron chi connectivity index (χ3n) is 3.71. The average molecular weight is 364 g/mol. The number of hydrogen-bond acceptors (Lipinski definition) is 3. The normalized spacial score (nSPS) is 18.3. The van der Waals surface area contributed by atoms with Gasteiger partial charge in [0.2, 0.25) is 0 Å². The third-order valence-corrected chi connectivity index (χ3v) is 5.45. The molecule has 21 heavy (non-hydrogen) atoms. The van der Waals surface area contributed by atoms with Crippen LogP contribution < -0.4 is 10.5 Å². The maximum atomic E-state index is 6.10. The van der Waals surface area contributed by atoms with E-state index >= 15 is 0 Å². The number of ether oxygens (including phenoxy) is 1. The van der Waals surface area contributed by atoms with Gasteiger partial charge in [0.25, 0.3) is 0 Å². The Labute approximate surface area is 138 Å². The van der Waals surface area contributed by atoms with Crippen molar-refractivity contribution in [2.45, 2.75) is 23.8 Å². The zero-order valence-corrected chi connectivity index (χ0v) is 14.3. The molecule has 0 fully saturated rings. The predicted octanol–water partition coefficient (Wildman–Crippen LogP) is 4.74. The number of rotatable bonds is 4. The third kappa shape index (κ3) is 3.28. The summed E-state index contributed by atoms with van der Waals surface area (Å²) >= 11 is 5.41. The first kappa shape index (κ1) is 14.9. The Bertz CT molecular complexity index is 644. The molecule has 2 N–H and O–H groups in total. The lowest BCUT2D eigenvalue weighted by atomic mass is 10.0. The van der Waals surface area contributed by atoms with Gasteiger partial charge in [-0.1, -0.05) is 40.2 Å². The minimum absolute atomic E-state index is 0.0293. The van der Waals surface area contributed by atoms with Crippen molar-refractivity contribution in [3.8, 4) is 5.75 Å². The predicted molar refractivity (Wildman–Crippen MR) is 92.1 cm³/mol. The van der Waals surface area contributed by atoms with E-state index in [1.807, 2.05) is 36.9 Å². The second-order valence-electron chi connectivity index (χ2n) is 5.33. The highest BCUT2D eigenvalue weighted by molar-refractivity contribution is 9.10. The summed E-state index contributed by atoms with van der Waals surface area (Å²) in [6, 6.07) is 14.6. The molecule has 1 unspecified atom stereocenters. The SMILES string of the molecule is C[C@H](N)c1ccc(Br)cc1OCC1CSc2ccccc21. The van der Waals surface area contributed by atoms with Gasteiger partial charge in [-0.15, -0.1) is 11.8 Å². The molecule has 110 valence electrons. The summed E-state index contributed by atoms with van der Waals surface area (Å²) in [6.07, 6.45) is 0. The average Bonchev–Trinajstić information content (AvgIpc) is 2.88. The second-order valence-corrected chi connectivity index (χ2v) is 7.31. The summed E-state index contributed by atoms with van der Waals surface area (Å²) in [5, 5.41) is 0. The van der Waals surface area contributed by atoms with E-state index in [9.17, 15) is 0 Å². The number of halogens is 1. The van der Waals surface area contributed by atoms with E-state index in [0.717, 1.165) is 21.5 Å². The highest BCUT2D eigenvalue weighted by Gasteiger charge is 2.23. The molecular formula is C17H18BrNOS. The van der Waals surface area contributed by atoms with Crippen molar-refractivity contribution in [2.75, 3.05) is 12.4 Å². The molecule has 0 amide bonds. The lowest BCUT2D eigenvalue weighted by Crippen LogP contribution is -2.13. The van der Waals surface area contributed by atoms with Crippen molar-refractivity contribution in [3.63, 3.8) is 0 Å². The molecule has 2 aromatic rings. The molecule has 0 saturated carbocycles. The maximum absolute atomic E-state index is 6.10. The Morgan fingerprint density at radius 1 is 1.33 bits per heavy atom. The van der Waals surface area contributed by atoms with E-state index < -0.39 is 0 Å². The summed E-state index contributed by atoms with van der Waals surface area (Å²) in [4.78, 5) is 1.38. The number of benzene rings is 2. The molecule has 0 radical (unpaired) electrons. The van der Waals surface area contributed by atoms with Gasteiger partial charge >= 0.3 is 0 Å². The standard InChI is InChI=1S/C17H18BrNOS/c1-11(19)14-7-6-13(18)8-16(14)20-9-12-10-21-17-5-3-2-4-15(12)17/h2-8,11-12H,9-10,19H2,1H3/t11-,12?/m0/s1. The molecule has 2 aromatic carbocycles. The molecule has 1 aliphatic rings. The van der Waals surface area contributed by atoms with E-state index in [1.54, 1.807) is 0 Å². The minimum Gasteiger partial charge on any atom is -0.493 e. The van der Waals surface area contributed by atoms with Gasteiger partial charge in [-0.25, -0.2) is 0 Å². The molecule has 0 bridgehead atoms. The number of hydrogen-bond donors (Lipinski definition) is 1. The smallest absolute Gasteiger partial charge is 0.125 e. The second kappa shape index (κ2) is 6.42. The molecule has 2 atom stereocenters. The molecule has 0 saturated heterocycles.